The highest BCUT2D eigenvalue weighted by Gasteiger charge is 2.15. The smallest absolute Gasteiger partial charge is 0.249 e. The third-order valence-electron chi connectivity index (χ3n) is 3.88. The number of nitrogens with zero attached hydrogens (tertiary/aromatic N) is 1. The van der Waals surface area contributed by atoms with Crippen LogP contribution in [0.3, 0.4) is 0 Å². The van der Waals surface area contributed by atoms with Crippen molar-refractivity contribution in [1.29, 1.82) is 0 Å². The first kappa shape index (κ1) is 17.6. The van der Waals surface area contributed by atoms with Gasteiger partial charge in [0.25, 0.3) is 0 Å². The fourth-order valence-electron chi connectivity index (χ4n) is 2.69. The molecular weight excluding hydrogens is 354 g/mol. The third-order valence-corrected chi connectivity index (χ3v) is 6.24. The highest BCUT2D eigenvalue weighted by atomic mass is 32.2. The van der Waals surface area contributed by atoms with Gasteiger partial charge in [-0.25, -0.2) is 18.5 Å². The lowest BCUT2D eigenvalue weighted by Gasteiger charge is -2.18. The number of benzene rings is 2. The number of rotatable bonds is 7. The molecule has 1 aromatic heterocycles. The van der Waals surface area contributed by atoms with Gasteiger partial charge in [-0.2, -0.15) is 0 Å². The molecule has 0 aliphatic rings. The molecule has 0 bridgehead atoms. The van der Waals surface area contributed by atoms with Crippen LogP contribution in [0.4, 0.5) is 5.13 Å². The molecule has 0 spiro atoms. The van der Waals surface area contributed by atoms with Crippen molar-refractivity contribution < 1.29 is 8.42 Å². The molecule has 0 atom stereocenters. The normalized spacial score (nSPS) is 11.6. The van der Waals surface area contributed by atoms with Crippen molar-refractivity contribution in [3.05, 3.63) is 78.0 Å². The summed E-state index contributed by atoms with van der Waals surface area (Å²) in [5, 5.41) is 8.87. The van der Waals surface area contributed by atoms with Crippen LogP contribution >= 0.6 is 11.3 Å². The number of primary sulfonamides is 1. The molecule has 7 heteroatoms. The summed E-state index contributed by atoms with van der Waals surface area (Å²) >= 11 is 1.05. The second kappa shape index (κ2) is 7.77. The number of nitrogens with two attached hydrogens (primary N) is 1. The Kier molecular flexibility index (Phi) is 5.47. The van der Waals surface area contributed by atoms with Crippen LogP contribution in [0.15, 0.2) is 71.1 Å². The molecule has 2 aromatic carbocycles. The highest BCUT2D eigenvalue weighted by molar-refractivity contribution is 7.91. The number of nitrogens with one attached hydrogen (secondary N) is 1. The van der Waals surface area contributed by atoms with E-state index >= 15 is 0 Å². The predicted octanol–water partition coefficient (Wildman–Crippen LogP) is 3.42. The molecule has 0 amide bonds. The Morgan fingerprint density at radius 1 is 1.00 bits per heavy atom. The van der Waals surface area contributed by atoms with E-state index in [1.807, 2.05) is 36.4 Å². The number of sulfonamides is 1. The van der Waals surface area contributed by atoms with Gasteiger partial charge in [0.2, 0.25) is 10.0 Å². The minimum absolute atomic E-state index is 0.0673. The quantitative estimate of drug-likeness (QED) is 0.664. The van der Waals surface area contributed by atoms with Crippen LogP contribution in [0.5, 0.6) is 0 Å². The van der Waals surface area contributed by atoms with Crippen LogP contribution < -0.4 is 10.5 Å². The number of hydrogen-bond acceptors (Lipinski definition) is 5. The Morgan fingerprint density at radius 3 is 2.04 bits per heavy atom. The summed E-state index contributed by atoms with van der Waals surface area (Å²) in [5.41, 5.74) is 2.50. The van der Waals surface area contributed by atoms with Gasteiger partial charge in [-0.15, -0.1) is 0 Å². The molecule has 0 aliphatic carbocycles. The van der Waals surface area contributed by atoms with Gasteiger partial charge >= 0.3 is 0 Å². The summed E-state index contributed by atoms with van der Waals surface area (Å²) < 4.78 is 22.7. The summed E-state index contributed by atoms with van der Waals surface area (Å²) in [5.74, 6) is 0.257. The molecule has 0 unspecified atom stereocenters. The van der Waals surface area contributed by atoms with Gasteiger partial charge in [-0.05, 0) is 17.5 Å². The molecule has 5 nitrogen and oxygen atoms in total. The molecule has 130 valence electrons. The number of thiazole rings is 1. The molecule has 1 heterocycles. The first-order valence-corrected chi connectivity index (χ1v) is 10.2. The Morgan fingerprint density at radius 2 is 1.56 bits per heavy atom. The van der Waals surface area contributed by atoms with E-state index in [0.29, 0.717) is 11.7 Å². The molecule has 0 fully saturated rings. The van der Waals surface area contributed by atoms with E-state index in [0.717, 1.165) is 17.8 Å². The van der Waals surface area contributed by atoms with E-state index in [-0.39, 0.29) is 10.1 Å². The first-order valence-electron chi connectivity index (χ1n) is 7.86. The Balaban J connectivity index is 1.70. The van der Waals surface area contributed by atoms with Gasteiger partial charge < -0.3 is 5.32 Å². The summed E-state index contributed by atoms with van der Waals surface area (Å²) in [6, 6.07) is 20.7. The average Bonchev–Trinajstić information content (AvgIpc) is 3.10. The molecule has 3 N–H and O–H groups in total. The average molecular weight is 374 g/mol. The summed E-state index contributed by atoms with van der Waals surface area (Å²) in [7, 11) is -3.69. The van der Waals surface area contributed by atoms with Crippen LogP contribution in [0.1, 0.15) is 23.5 Å². The van der Waals surface area contributed by atoms with E-state index < -0.39 is 10.0 Å². The van der Waals surface area contributed by atoms with Crippen LogP contribution in [-0.2, 0) is 10.0 Å². The zero-order chi connectivity index (χ0) is 17.7. The van der Waals surface area contributed by atoms with Crippen LogP contribution in [0.2, 0.25) is 0 Å². The molecule has 3 aromatic rings. The van der Waals surface area contributed by atoms with Gasteiger partial charge in [0.15, 0.2) is 9.34 Å². The lowest BCUT2D eigenvalue weighted by atomic mass is 9.88. The molecular formula is C18H19N3O2S2. The summed E-state index contributed by atoms with van der Waals surface area (Å²) in [6.07, 6.45) is 2.15. The topological polar surface area (TPSA) is 85.1 Å². The van der Waals surface area contributed by atoms with Crippen molar-refractivity contribution in [2.45, 2.75) is 16.5 Å². The van der Waals surface area contributed by atoms with E-state index in [2.05, 4.69) is 34.6 Å². The molecule has 25 heavy (non-hydrogen) atoms. The van der Waals surface area contributed by atoms with E-state index in [4.69, 9.17) is 5.14 Å². The SMILES string of the molecule is NS(=O)(=O)c1cnc(NCCC(c2ccccc2)c2ccccc2)s1. The maximum absolute atomic E-state index is 11.3. The highest BCUT2D eigenvalue weighted by Crippen LogP contribution is 2.28. The number of aromatic nitrogens is 1. The van der Waals surface area contributed by atoms with Crippen molar-refractivity contribution in [3.8, 4) is 0 Å². The van der Waals surface area contributed by atoms with Gasteiger partial charge in [-0.1, -0.05) is 72.0 Å². The zero-order valence-corrected chi connectivity index (χ0v) is 15.1. The monoisotopic (exact) mass is 373 g/mol. The lowest BCUT2D eigenvalue weighted by Crippen LogP contribution is -2.10. The van der Waals surface area contributed by atoms with Crippen LogP contribution in [0, 0.1) is 0 Å². The van der Waals surface area contributed by atoms with Gasteiger partial charge in [-0.3, -0.25) is 0 Å². The maximum Gasteiger partial charge on any atom is 0.249 e. The van der Waals surface area contributed by atoms with Crippen molar-refractivity contribution in [3.63, 3.8) is 0 Å². The van der Waals surface area contributed by atoms with Gasteiger partial charge in [0.1, 0.15) is 0 Å². The zero-order valence-electron chi connectivity index (χ0n) is 13.5. The molecule has 0 aliphatic heterocycles. The Hall–Kier alpha value is -2.22. The largest absolute Gasteiger partial charge is 0.361 e. The molecule has 0 saturated carbocycles. The lowest BCUT2D eigenvalue weighted by molar-refractivity contribution is 0.599. The minimum atomic E-state index is -3.69. The Bertz CT molecular complexity index is 870. The van der Waals surface area contributed by atoms with Crippen molar-refractivity contribution in [2.75, 3.05) is 11.9 Å². The van der Waals surface area contributed by atoms with E-state index in [1.165, 1.54) is 17.3 Å². The van der Waals surface area contributed by atoms with Crippen molar-refractivity contribution in [2.24, 2.45) is 5.14 Å². The molecule has 0 radical (unpaired) electrons. The second-order valence-electron chi connectivity index (χ2n) is 5.62. The maximum atomic E-state index is 11.3. The second-order valence-corrected chi connectivity index (χ2v) is 8.44. The number of anilines is 1. The van der Waals surface area contributed by atoms with Crippen LogP contribution in [0.25, 0.3) is 0 Å². The number of hydrogen-bond donors (Lipinski definition) is 2. The van der Waals surface area contributed by atoms with E-state index in [1.54, 1.807) is 0 Å². The fraction of sp³-hybridized carbons (Fsp3) is 0.167. The fourth-order valence-corrected chi connectivity index (χ4v) is 4.17. The van der Waals surface area contributed by atoms with Gasteiger partial charge in [0, 0.05) is 12.5 Å². The first-order chi connectivity index (χ1) is 12.0. The van der Waals surface area contributed by atoms with Crippen LogP contribution in [-0.4, -0.2) is 19.9 Å². The summed E-state index contributed by atoms with van der Waals surface area (Å²) in [6.45, 7) is 0.673. The van der Waals surface area contributed by atoms with E-state index in [9.17, 15) is 8.42 Å². The third kappa shape index (κ3) is 4.66. The predicted molar refractivity (Wildman–Crippen MR) is 101 cm³/mol. The molecule has 0 saturated heterocycles. The standard InChI is InChI=1S/C18H19N3O2S2/c19-25(22,23)17-13-21-18(24-17)20-12-11-16(14-7-3-1-4-8-14)15-9-5-2-6-10-15/h1-10,13,16H,11-12H2,(H,20,21)(H2,19,22,23). The molecule has 3 rings (SSSR count). The minimum Gasteiger partial charge on any atom is -0.361 e. The van der Waals surface area contributed by atoms with Gasteiger partial charge in [0.05, 0.1) is 6.20 Å². The van der Waals surface area contributed by atoms with Crippen molar-refractivity contribution in [1.82, 2.24) is 4.98 Å². The Labute approximate surface area is 151 Å². The summed E-state index contributed by atoms with van der Waals surface area (Å²) in [4.78, 5) is 4.07. The van der Waals surface area contributed by atoms with Crippen molar-refractivity contribution >= 4 is 26.5 Å².